The van der Waals surface area contributed by atoms with Crippen molar-refractivity contribution < 1.29 is 9.53 Å². The van der Waals surface area contributed by atoms with Crippen molar-refractivity contribution in [3.63, 3.8) is 0 Å². The number of rotatable bonds is 5. The Hall–Kier alpha value is -1.01. The first kappa shape index (κ1) is 11.0. The molecule has 0 rings (SSSR count). The monoisotopic (exact) mass is 169 g/mol. The minimum Gasteiger partial charge on any atom is -0.466 e. The van der Waals surface area contributed by atoms with Gasteiger partial charge in [-0.15, -0.1) is 6.42 Å². The molecule has 0 aliphatic rings. The fourth-order valence-electron chi connectivity index (χ4n) is 0.750. The summed E-state index contributed by atoms with van der Waals surface area (Å²) in [6.45, 7) is 3.46. The van der Waals surface area contributed by atoms with Gasteiger partial charge in [-0.25, -0.2) is 0 Å². The molecule has 0 radical (unpaired) electrons. The lowest BCUT2D eigenvalue weighted by Crippen LogP contribution is -2.22. The first-order valence-corrected chi connectivity index (χ1v) is 3.98. The van der Waals surface area contributed by atoms with E-state index in [2.05, 4.69) is 5.92 Å². The van der Waals surface area contributed by atoms with Gasteiger partial charge in [-0.2, -0.15) is 0 Å². The van der Waals surface area contributed by atoms with E-state index in [0.717, 1.165) is 0 Å². The molecule has 0 spiro atoms. The number of nitrogens with zero attached hydrogens (tertiary/aromatic N) is 1. The van der Waals surface area contributed by atoms with E-state index in [9.17, 15) is 4.79 Å². The molecule has 0 fully saturated rings. The standard InChI is InChI=1S/C9H15NO2/c1-4-7-10(3)8-6-9(11)12-5-2/h1H,5-8H2,2-3H3. The Kier molecular flexibility index (Phi) is 6.12. The lowest BCUT2D eigenvalue weighted by molar-refractivity contribution is -0.143. The molecule has 12 heavy (non-hydrogen) atoms. The normalized spacial score (nSPS) is 9.50. The Labute approximate surface area is 73.7 Å². The largest absolute Gasteiger partial charge is 0.466 e. The Morgan fingerprint density at radius 1 is 1.67 bits per heavy atom. The summed E-state index contributed by atoms with van der Waals surface area (Å²) < 4.78 is 4.75. The zero-order chi connectivity index (χ0) is 9.40. The van der Waals surface area contributed by atoms with Gasteiger partial charge in [-0.3, -0.25) is 9.69 Å². The van der Waals surface area contributed by atoms with Gasteiger partial charge in [0.05, 0.1) is 19.6 Å². The second-order valence-corrected chi connectivity index (χ2v) is 2.50. The van der Waals surface area contributed by atoms with Crippen LogP contribution in [0.3, 0.4) is 0 Å². The van der Waals surface area contributed by atoms with E-state index in [1.54, 1.807) is 6.92 Å². The number of carbonyl (C=O) groups excluding carboxylic acids is 1. The van der Waals surface area contributed by atoms with E-state index in [1.807, 2.05) is 11.9 Å². The molecule has 0 saturated carbocycles. The van der Waals surface area contributed by atoms with E-state index >= 15 is 0 Å². The van der Waals surface area contributed by atoms with Crippen LogP contribution in [0, 0.1) is 12.3 Å². The highest BCUT2D eigenvalue weighted by atomic mass is 16.5. The molecule has 0 amide bonds. The van der Waals surface area contributed by atoms with Crippen LogP contribution in [0.2, 0.25) is 0 Å². The summed E-state index contributed by atoms with van der Waals surface area (Å²) in [4.78, 5) is 12.8. The molecule has 0 bridgehead atoms. The predicted molar refractivity (Wildman–Crippen MR) is 47.6 cm³/mol. The van der Waals surface area contributed by atoms with Crippen molar-refractivity contribution in [2.24, 2.45) is 0 Å². The Morgan fingerprint density at radius 2 is 2.33 bits per heavy atom. The lowest BCUT2D eigenvalue weighted by Gasteiger charge is -2.11. The van der Waals surface area contributed by atoms with Crippen molar-refractivity contribution in [3.05, 3.63) is 0 Å². The predicted octanol–water partition coefficient (Wildman–Crippen LogP) is 0.505. The average molecular weight is 169 g/mol. The molecule has 0 saturated heterocycles. The highest BCUT2D eigenvalue weighted by Gasteiger charge is 2.02. The lowest BCUT2D eigenvalue weighted by atomic mass is 10.4. The summed E-state index contributed by atoms with van der Waals surface area (Å²) >= 11 is 0. The fraction of sp³-hybridized carbons (Fsp3) is 0.667. The summed E-state index contributed by atoms with van der Waals surface area (Å²) in [6.07, 6.45) is 5.50. The topological polar surface area (TPSA) is 29.5 Å². The van der Waals surface area contributed by atoms with E-state index in [4.69, 9.17) is 11.2 Å². The minimum absolute atomic E-state index is 0.165. The number of hydrogen-bond donors (Lipinski definition) is 0. The molecule has 0 heterocycles. The van der Waals surface area contributed by atoms with Crippen LogP contribution < -0.4 is 0 Å². The van der Waals surface area contributed by atoms with Gasteiger partial charge in [-0.1, -0.05) is 5.92 Å². The van der Waals surface area contributed by atoms with Crippen LogP contribution in [0.15, 0.2) is 0 Å². The minimum atomic E-state index is -0.165. The van der Waals surface area contributed by atoms with Crippen LogP contribution in [0.4, 0.5) is 0 Å². The Bertz CT molecular complexity index is 172. The van der Waals surface area contributed by atoms with Gasteiger partial charge in [0.25, 0.3) is 0 Å². The molecule has 3 heteroatoms. The van der Waals surface area contributed by atoms with E-state index in [1.165, 1.54) is 0 Å². The third-order valence-electron chi connectivity index (χ3n) is 1.36. The van der Waals surface area contributed by atoms with Crippen molar-refractivity contribution in [2.75, 3.05) is 26.7 Å². The van der Waals surface area contributed by atoms with Crippen LogP contribution in [-0.4, -0.2) is 37.6 Å². The Morgan fingerprint density at radius 3 is 2.83 bits per heavy atom. The highest BCUT2D eigenvalue weighted by molar-refractivity contribution is 5.69. The number of hydrogen-bond acceptors (Lipinski definition) is 3. The van der Waals surface area contributed by atoms with Gasteiger partial charge in [0.2, 0.25) is 0 Å². The first-order chi connectivity index (χ1) is 5.70. The maximum absolute atomic E-state index is 10.9. The molecule has 0 aromatic heterocycles. The molecule has 0 aromatic carbocycles. The van der Waals surface area contributed by atoms with Crippen molar-refractivity contribution in [2.45, 2.75) is 13.3 Å². The van der Waals surface area contributed by atoms with Crippen LogP contribution in [0.5, 0.6) is 0 Å². The smallest absolute Gasteiger partial charge is 0.307 e. The Balaban J connectivity index is 3.41. The molecular formula is C9H15NO2. The first-order valence-electron chi connectivity index (χ1n) is 3.98. The second kappa shape index (κ2) is 6.68. The number of carbonyl (C=O) groups is 1. The van der Waals surface area contributed by atoms with E-state index in [-0.39, 0.29) is 5.97 Å². The van der Waals surface area contributed by atoms with Crippen molar-refractivity contribution >= 4 is 5.97 Å². The van der Waals surface area contributed by atoms with Crippen molar-refractivity contribution in [3.8, 4) is 12.3 Å². The molecule has 0 aliphatic carbocycles. The summed E-state index contributed by atoms with van der Waals surface area (Å²) in [7, 11) is 1.87. The third kappa shape index (κ3) is 5.75. The fourth-order valence-corrected chi connectivity index (χ4v) is 0.750. The summed E-state index contributed by atoms with van der Waals surface area (Å²) in [6, 6.07) is 0. The van der Waals surface area contributed by atoms with Crippen LogP contribution in [0.1, 0.15) is 13.3 Å². The van der Waals surface area contributed by atoms with Gasteiger partial charge in [-0.05, 0) is 14.0 Å². The third-order valence-corrected chi connectivity index (χ3v) is 1.36. The molecule has 0 unspecified atom stereocenters. The van der Waals surface area contributed by atoms with Gasteiger partial charge >= 0.3 is 5.97 Å². The zero-order valence-electron chi connectivity index (χ0n) is 7.67. The molecule has 68 valence electrons. The summed E-state index contributed by atoms with van der Waals surface area (Å²) in [5, 5.41) is 0. The summed E-state index contributed by atoms with van der Waals surface area (Å²) in [5.74, 6) is 2.33. The zero-order valence-corrected chi connectivity index (χ0v) is 7.67. The molecule has 3 nitrogen and oxygen atoms in total. The highest BCUT2D eigenvalue weighted by Crippen LogP contribution is 1.89. The number of ether oxygens (including phenoxy) is 1. The van der Waals surface area contributed by atoms with Crippen molar-refractivity contribution in [1.29, 1.82) is 0 Å². The van der Waals surface area contributed by atoms with Gasteiger partial charge in [0.15, 0.2) is 0 Å². The maximum Gasteiger partial charge on any atom is 0.307 e. The molecule has 0 N–H and O–H groups in total. The summed E-state index contributed by atoms with van der Waals surface area (Å²) in [5.41, 5.74) is 0. The quantitative estimate of drug-likeness (QED) is 0.443. The molecule has 0 aromatic rings. The number of terminal acetylenes is 1. The van der Waals surface area contributed by atoms with Gasteiger partial charge in [0, 0.05) is 6.54 Å². The van der Waals surface area contributed by atoms with Gasteiger partial charge in [0.1, 0.15) is 0 Å². The van der Waals surface area contributed by atoms with Crippen LogP contribution >= 0.6 is 0 Å². The molecule has 0 atom stereocenters. The number of esters is 1. The van der Waals surface area contributed by atoms with E-state index in [0.29, 0.717) is 26.1 Å². The van der Waals surface area contributed by atoms with Crippen LogP contribution in [0.25, 0.3) is 0 Å². The second-order valence-electron chi connectivity index (χ2n) is 2.50. The van der Waals surface area contributed by atoms with Crippen LogP contribution in [-0.2, 0) is 9.53 Å². The van der Waals surface area contributed by atoms with Crippen molar-refractivity contribution in [1.82, 2.24) is 4.90 Å². The maximum atomic E-state index is 10.9. The van der Waals surface area contributed by atoms with E-state index < -0.39 is 0 Å². The average Bonchev–Trinajstić information content (AvgIpc) is 2.02. The molecular weight excluding hydrogens is 154 g/mol. The van der Waals surface area contributed by atoms with Gasteiger partial charge < -0.3 is 4.74 Å². The SMILES string of the molecule is C#CCN(C)CCC(=O)OCC. The molecule has 0 aliphatic heterocycles.